The van der Waals surface area contributed by atoms with Crippen LogP contribution in [0.4, 0.5) is 16.2 Å². The number of anilines is 2. The fourth-order valence-electron chi connectivity index (χ4n) is 3.13. The average molecular weight is 323 g/mol. The van der Waals surface area contributed by atoms with Crippen LogP contribution in [0.25, 0.3) is 0 Å². The van der Waals surface area contributed by atoms with Gasteiger partial charge < -0.3 is 10.6 Å². The van der Waals surface area contributed by atoms with Gasteiger partial charge in [0.1, 0.15) is 0 Å². The molecule has 0 aromatic heterocycles. The van der Waals surface area contributed by atoms with Crippen LogP contribution in [0.5, 0.6) is 0 Å². The van der Waals surface area contributed by atoms with Crippen molar-refractivity contribution >= 4 is 17.4 Å². The molecule has 0 bridgehead atoms. The number of hydrogen-bond donors (Lipinski definition) is 2. The van der Waals surface area contributed by atoms with Crippen LogP contribution < -0.4 is 15.5 Å². The molecule has 0 spiro atoms. The molecular weight excluding hydrogens is 298 g/mol. The van der Waals surface area contributed by atoms with Gasteiger partial charge in [0.25, 0.3) is 0 Å². The lowest BCUT2D eigenvalue weighted by molar-refractivity contribution is 0.246. The summed E-state index contributed by atoms with van der Waals surface area (Å²) in [7, 11) is 0. The molecule has 1 aliphatic heterocycles. The van der Waals surface area contributed by atoms with E-state index in [1.54, 1.807) is 0 Å². The maximum Gasteiger partial charge on any atom is 0.321 e. The van der Waals surface area contributed by atoms with Crippen LogP contribution in [0.1, 0.15) is 24.0 Å². The Morgan fingerprint density at radius 1 is 1.08 bits per heavy atom. The molecule has 0 unspecified atom stereocenters. The first kappa shape index (κ1) is 16.4. The normalized spacial score (nSPS) is 13.8. The summed E-state index contributed by atoms with van der Waals surface area (Å²) in [6.07, 6.45) is 3.23. The number of nitrogens with zero attached hydrogens (tertiary/aromatic N) is 1. The van der Waals surface area contributed by atoms with Gasteiger partial charge in [0.05, 0.1) is 0 Å². The Kier molecular flexibility index (Phi) is 5.36. The number of hydrogen-bond acceptors (Lipinski definition) is 2. The van der Waals surface area contributed by atoms with Crippen molar-refractivity contribution in [3.8, 4) is 0 Å². The smallest absolute Gasteiger partial charge is 0.321 e. The number of carbonyl (C=O) groups is 1. The van der Waals surface area contributed by atoms with Crippen LogP contribution in [0.15, 0.2) is 48.5 Å². The number of nitrogens with one attached hydrogen (secondary N) is 2. The van der Waals surface area contributed by atoms with E-state index in [4.69, 9.17) is 0 Å². The molecule has 24 heavy (non-hydrogen) atoms. The number of rotatable bonds is 4. The van der Waals surface area contributed by atoms with Crippen molar-refractivity contribution in [2.75, 3.05) is 29.9 Å². The number of urea groups is 1. The maximum atomic E-state index is 12.6. The summed E-state index contributed by atoms with van der Waals surface area (Å²) in [4.78, 5) is 14.5. The molecule has 3 rings (SSSR count). The van der Waals surface area contributed by atoms with E-state index in [0.29, 0.717) is 13.1 Å². The Balaban J connectivity index is 1.53. The Bertz CT molecular complexity index is 699. The van der Waals surface area contributed by atoms with E-state index in [-0.39, 0.29) is 6.03 Å². The van der Waals surface area contributed by atoms with Crippen LogP contribution in [-0.2, 0) is 6.42 Å². The molecule has 0 saturated carbocycles. The number of fused-ring (bicyclic) bond motifs is 1. The van der Waals surface area contributed by atoms with Crippen molar-refractivity contribution in [2.24, 2.45) is 0 Å². The van der Waals surface area contributed by atoms with Crippen molar-refractivity contribution in [1.29, 1.82) is 0 Å². The van der Waals surface area contributed by atoms with Gasteiger partial charge in [0.15, 0.2) is 0 Å². The zero-order chi connectivity index (χ0) is 16.8. The van der Waals surface area contributed by atoms with E-state index in [1.165, 1.54) is 11.1 Å². The van der Waals surface area contributed by atoms with Crippen LogP contribution in [0.3, 0.4) is 0 Å². The minimum absolute atomic E-state index is 0.00427. The Morgan fingerprint density at radius 2 is 1.96 bits per heavy atom. The third kappa shape index (κ3) is 4.07. The molecule has 0 saturated heterocycles. The molecular formula is C20H25N3O. The van der Waals surface area contributed by atoms with Crippen LogP contribution in [0.2, 0.25) is 0 Å². The van der Waals surface area contributed by atoms with Gasteiger partial charge in [-0.05, 0) is 55.5 Å². The van der Waals surface area contributed by atoms with Crippen LogP contribution >= 0.6 is 0 Å². The van der Waals surface area contributed by atoms with Gasteiger partial charge in [-0.25, -0.2) is 4.79 Å². The fourth-order valence-corrected chi connectivity index (χ4v) is 3.13. The third-order valence-electron chi connectivity index (χ3n) is 4.35. The van der Waals surface area contributed by atoms with Crippen molar-refractivity contribution in [3.05, 3.63) is 59.7 Å². The van der Waals surface area contributed by atoms with E-state index >= 15 is 0 Å². The summed E-state index contributed by atoms with van der Waals surface area (Å²) in [5.41, 5.74) is 4.64. The molecule has 2 N–H and O–H groups in total. The second kappa shape index (κ2) is 7.86. The summed E-state index contributed by atoms with van der Waals surface area (Å²) in [6, 6.07) is 16.5. The number of benzene rings is 2. The topological polar surface area (TPSA) is 44.4 Å². The lowest BCUT2D eigenvalue weighted by Gasteiger charge is -2.23. The lowest BCUT2D eigenvalue weighted by atomic mass is 10.1. The molecule has 0 radical (unpaired) electrons. The highest BCUT2D eigenvalue weighted by atomic mass is 16.2. The van der Waals surface area contributed by atoms with Gasteiger partial charge in [-0.1, -0.05) is 30.3 Å². The highest BCUT2D eigenvalue weighted by Crippen LogP contribution is 2.25. The molecule has 0 fully saturated rings. The molecule has 126 valence electrons. The highest BCUT2D eigenvalue weighted by Gasteiger charge is 2.20. The number of amides is 2. The SMILES string of the molecule is Cc1cccc(NCCNC(=O)N2CCCCc3ccccc32)c1. The third-order valence-corrected chi connectivity index (χ3v) is 4.35. The molecule has 0 atom stereocenters. The van der Waals surface area contributed by atoms with Crippen LogP contribution in [-0.4, -0.2) is 25.7 Å². The molecule has 1 heterocycles. The van der Waals surface area contributed by atoms with Crippen LogP contribution in [0, 0.1) is 6.92 Å². The zero-order valence-corrected chi connectivity index (χ0v) is 14.2. The van der Waals surface area contributed by atoms with Crippen molar-refractivity contribution in [2.45, 2.75) is 26.2 Å². The van der Waals surface area contributed by atoms with Crippen molar-refractivity contribution in [1.82, 2.24) is 5.32 Å². The molecule has 0 aliphatic carbocycles. The molecule has 2 aromatic rings. The second-order valence-corrected chi connectivity index (χ2v) is 6.27. The first-order chi connectivity index (χ1) is 11.7. The van der Waals surface area contributed by atoms with Gasteiger partial charge in [-0.3, -0.25) is 4.90 Å². The maximum absolute atomic E-state index is 12.6. The quantitative estimate of drug-likeness (QED) is 0.837. The molecule has 4 heteroatoms. The second-order valence-electron chi connectivity index (χ2n) is 6.27. The van der Waals surface area contributed by atoms with Crippen molar-refractivity contribution in [3.63, 3.8) is 0 Å². The van der Waals surface area contributed by atoms with E-state index < -0.39 is 0 Å². The van der Waals surface area contributed by atoms with Gasteiger partial charge in [0.2, 0.25) is 0 Å². The highest BCUT2D eigenvalue weighted by molar-refractivity contribution is 5.93. The van der Waals surface area contributed by atoms with Crippen molar-refractivity contribution < 1.29 is 4.79 Å². The Labute approximate surface area is 143 Å². The molecule has 2 aromatic carbocycles. The zero-order valence-electron chi connectivity index (χ0n) is 14.2. The fraction of sp³-hybridized carbons (Fsp3) is 0.350. The summed E-state index contributed by atoms with van der Waals surface area (Å²) in [5.74, 6) is 0. The number of carbonyl (C=O) groups excluding carboxylic acids is 1. The standard InChI is InChI=1S/C20H25N3O/c1-16-7-6-10-18(15-16)21-12-13-22-20(24)23-14-5-4-9-17-8-2-3-11-19(17)23/h2-3,6-8,10-11,15,21H,4-5,9,12-14H2,1H3,(H,22,24). The van der Waals surface area contributed by atoms with E-state index in [0.717, 1.165) is 37.2 Å². The number of aryl methyl sites for hydroxylation is 2. The summed E-state index contributed by atoms with van der Waals surface area (Å²) < 4.78 is 0. The number of para-hydroxylation sites is 1. The van der Waals surface area contributed by atoms with Gasteiger partial charge in [-0.15, -0.1) is 0 Å². The van der Waals surface area contributed by atoms with Gasteiger partial charge in [-0.2, -0.15) is 0 Å². The molecule has 2 amide bonds. The molecule has 4 nitrogen and oxygen atoms in total. The first-order valence-corrected chi connectivity index (χ1v) is 8.68. The van der Waals surface area contributed by atoms with E-state index in [9.17, 15) is 4.79 Å². The molecule has 1 aliphatic rings. The Hall–Kier alpha value is -2.49. The van der Waals surface area contributed by atoms with E-state index in [1.807, 2.05) is 35.2 Å². The van der Waals surface area contributed by atoms with E-state index in [2.05, 4.69) is 35.8 Å². The largest absolute Gasteiger partial charge is 0.383 e. The minimum Gasteiger partial charge on any atom is -0.383 e. The predicted octanol–water partition coefficient (Wildman–Crippen LogP) is 3.96. The summed E-state index contributed by atoms with van der Waals surface area (Å²) in [6.45, 7) is 4.17. The average Bonchev–Trinajstić information content (AvgIpc) is 2.81. The monoisotopic (exact) mass is 323 g/mol. The minimum atomic E-state index is -0.00427. The summed E-state index contributed by atoms with van der Waals surface area (Å²) in [5, 5.41) is 6.37. The predicted molar refractivity (Wildman–Crippen MR) is 99.8 cm³/mol. The summed E-state index contributed by atoms with van der Waals surface area (Å²) >= 11 is 0. The Morgan fingerprint density at radius 3 is 2.83 bits per heavy atom. The first-order valence-electron chi connectivity index (χ1n) is 8.68. The lowest BCUT2D eigenvalue weighted by Crippen LogP contribution is -2.42. The van der Waals surface area contributed by atoms with Gasteiger partial charge >= 0.3 is 6.03 Å². The van der Waals surface area contributed by atoms with Gasteiger partial charge in [0, 0.05) is 31.0 Å².